The Kier molecular flexibility index (Phi) is 13.8. The summed E-state index contributed by atoms with van der Waals surface area (Å²) < 4.78 is 107. The molecule has 0 saturated carbocycles. The third kappa shape index (κ3) is 9.21. The minimum absolute atomic E-state index is 0.0425. The molecule has 338 valence electrons. The van der Waals surface area contributed by atoms with E-state index in [-0.39, 0.29) is 59.0 Å². The number of esters is 1. The van der Waals surface area contributed by atoms with E-state index >= 15 is 13.2 Å². The van der Waals surface area contributed by atoms with E-state index in [9.17, 15) is 23.1 Å². The fourth-order valence-electron chi connectivity index (χ4n) is 10.0. The lowest BCUT2D eigenvalue weighted by atomic mass is 9.85. The molecule has 0 aromatic heterocycles. The lowest BCUT2D eigenvalue weighted by molar-refractivity contribution is -0.146. The molecule has 2 saturated heterocycles. The van der Waals surface area contributed by atoms with Crippen molar-refractivity contribution in [1.29, 1.82) is 0 Å². The fraction of sp³-hybridized carbons (Fsp3) is 0.568. The number of sulfonamides is 1. The van der Waals surface area contributed by atoms with Crippen LogP contribution in [0.15, 0.2) is 36.4 Å². The maximum absolute atomic E-state index is 15.7. The summed E-state index contributed by atoms with van der Waals surface area (Å²) in [4.78, 5) is 28.6. The van der Waals surface area contributed by atoms with Crippen LogP contribution in [0.25, 0.3) is 16.7 Å². The molecule has 5 heterocycles. The molecule has 0 bridgehead atoms. The number of halogens is 3. The molecule has 0 aliphatic carbocycles. The molecule has 0 amide bonds. The number of ether oxygens (including phenoxy) is 2. The van der Waals surface area contributed by atoms with E-state index < -0.39 is 56.8 Å². The van der Waals surface area contributed by atoms with Crippen molar-refractivity contribution < 1.29 is 54.2 Å². The molecule has 2 aromatic rings. The van der Waals surface area contributed by atoms with Crippen molar-refractivity contribution in [2.75, 3.05) is 70.2 Å². The predicted molar refractivity (Wildman–Crippen MR) is 230 cm³/mol. The number of fused-ring (bicyclic) bond motifs is 4. The summed E-state index contributed by atoms with van der Waals surface area (Å²) in [6.07, 6.45) is 1.00. The van der Waals surface area contributed by atoms with Crippen LogP contribution in [0.4, 0.5) is 18.9 Å². The number of rotatable bonds is 10. The Hall–Kier alpha value is -4.23. The Morgan fingerprint density at radius 2 is 1.53 bits per heavy atom. The van der Waals surface area contributed by atoms with Crippen LogP contribution in [0.3, 0.4) is 0 Å². The number of aliphatic hydroxyl groups is 1. The number of aliphatic hydroxyl groups excluding tert-OH is 1. The molecule has 0 unspecified atom stereocenters. The number of anilines is 1. The molecule has 5 aliphatic heterocycles. The summed E-state index contributed by atoms with van der Waals surface area (Å²) in [5.74, 6) is -1.41. The minimum Gasteiger partial charge on any atom is -0.469 e. The van der Waals surface area contributed by atoms with Gasteiger partial charge in [-0.05, 0) is 95.8 Å². The van der Waals surface area contributed by atoms with Crippen molar-refractivity contribution in [3.8, 4) is 11.5 Å². The third-order valence-corrected chi connectivity index (χ3v) is 14.7. The summed E-state index contributed by atoms with van der Waals surface area (Å²) in [6.45, 7) is 14.6. The van der Waals surface area contributed by atoms with Crippen LogP contribution in [0.5, 0.6) is 11.5 Å². The van der Waals surface area contributed by atoms with Crippen LogP contribution < -0.4 is 24.8 Å². The second kappa shape index (κ2) is 18.1. The molecule has 2 fully saturated rings. The maximum atomic E-state index is 15.7. The molecule has 5 aliphatic rings. The molecular weight excluding hydrogens is 850 g/mol. The molecule has 13 nitrogen and oxygen atoms in total. The molecule has 0 atom stereocenters. The first-order valence-electron chi connectivity index (χ1n) is 21.0. The Labute approximate surface area is 364 Å². The lowest BCUT2D eigenvalue weighted by Gasteiger charge is -2.44. The van der Waals surface area contributed by atoms with E-state index in [4.69, 9.17) is 17.9 Å². The first kappa shape index (κ1) is 47.3. The van der Waals surface area contributed by atoms with Gasteiger partial charge < -0.3 is 19.5 Å². The summed E-state index contributed by atoms with van der Waals surface area (Å²) in [7, 11) is -2.62. The average molecular weight is 906 g/mol. The standard InChI is InChI=1S/C44H56F3N4O7S.O2S/c1-8-50-35-20-38-33(18-31(35)29(22-42(50,3)4)24-48-14-10-27(11-15-48)37(53)25-52)40(44(45,46)47)34-19-32-30(23-43(5,6)51(9-2)36(32)21-39(34)58-38)26-59(55,56)49-16-12-28(13-17-49)41(54)57-7;1-3-2/h18-23,27-28,52H,8-17,24-26H2,1-7H3;/q+1;. The number of ketones is 1. The maximum Gasteiger partial charge on any atom is 0.417 e. The van der Waals surface area contributed by atoms with Crippen molar-refractivity contribution in [2.24, 2.45) is 11.8 Å². The van der Waals surface area contributed by atoms with E-state index in [0.717, 1.165) is 10.9 Å². The number of hydrogen-bond donors (Lipinski definition) is 1. The zero-order valence-electron chi connectivity index (χ0n) is 36.3. The molecule has 62 heavy (non-hydrogen) atoms. The highest BCUT2D eigenvalue weighted by molar-refractivity contribution is 7.89. The summed E-state index contributed by atoms with van der Waals surface area (Å²) in [5.41, 5.74) is 0.782. The summed E-state index contributed by atoms with van der Waals surface area (Å²) in [6, 6.07) is 6.41. The monoisotopic (exact) mass is 905 g/mol. The van der Waals surface area contributed by atoms with E-state index in [1.54, 1.807) is 18.2 Å². The smallest absolute Gasteiger partial charge is 0.417 e. The number of carbonyl (C=O) groups excluding carboxylic acids is 2. The van der Waals surface area contributed by atoms with Gasteiger partial charge in [0.05, 0.1) is 41.5 Å². The van der Waals surface area contributed by atoms with Crippen molar-refractivity contribution in [3.63, 3.8) is 0 Å². The van der Waals surface area contributed by atoms with Crippen LogP contribution in [-0.2, 0) is 35.9 Å². The number of benzene rings is 2. The topological polar surface area (TPSA) is 154 Å². The van der Waals surface area contributed by atoms with Gasteiger partial charge in [0.25, 0.3) is 0 Å². The highest BCUT2D eigenvalue weighted by Gasteiger charge is 2.44. The number of methoxy groups -OCH3 is 1. The Balaban J connectivity index is 0.00000208. The van der Waals surface area contributed by atoms with Gasteiger partial charge in [0.1, 0.15) is 24.7 Å². The number of likely N-dealkylation sites (tertiary alicyclic amines) is 1. The highest BCUT2D eigenvalue weighted by atomic mass is 32.2. The summed E-state index contributed by atoms with van der Waals surface area (Å²) >= 11 is -0.750. The van der Waals surface area contributed by atoms with Gasteiger partial charge >= 0.3 is 23.7 Å². The van der Waals surface area contributed by atoms with Crippen molar-refractivity contribution in [1.82, 2.24) is 13.8 Å². The second-order valence-electron chi connectivity index (χ2n) is 17.5. The molecule has 18 heteroatoms. The number of Topliss-reactive ketones (excluding diaryl/α,β-unsaturated/α-hetero) is 1. The van der Waals surface area contributed by atoms with Crippen LogP contribution >= 0.6 is 0 Å². The van der Waals surface area contributed by atoms with Crippen LogP contribution in [0, 0.1) is 11.8 Å². The van der Waals surface area contributed by atoms with Crippen LogP contribution in [0.2, 0.25) is 0 Å². The Morgan fingerprint density at radius 3 is 2.10 bits per heavy atom. The van der Waals surface area contributed by atoms with Gasteiger partial charge in [-0.15, -0.1) is 0 Å². The van der Waals surface area contributed by atoms with Gasteiger partial charge in [-0.3, -0.25) is 14.5 Å². The van der Waals surface area contributed by atoms with Crippen LogP contribution in [0.1, 0.15) is 83.9 Å². The number of piperidine rings is 2. The van der Waals surface area contributed by atoms with Gasteiger partial charge in [0, 0.05) is 74.0 Å². The van der Waals surface area contributed by atoms with E-state index in [1.165, 1.54) is 17.5 Å². The van der Waals surface area contributed by atoms with Gasteiger partial charge in [-0.1, -0.05) is 6.08 Å². The molecule has 1 N–H and O–H groups in total. The number of likely N-dealkylation sites (N-methyl/N-ethyl adjacent to an activating group) is 2. The van der Waals surface area contributed by atoms with Crippen molar-refractivity contribution in [2.45, 2.75) is 84.5 Å². The molecule has 7 rings (SSSR count). The second-order valence-corrected chi connectivity index (χ2v) is 19.6. The number of carbonyl (C=O) groups is 2. The lowest BCUT2D eigenvalue weighted by Crippen LogP contribution is -2.50. The van der Waals surface area contributed by atoms with E-state index in [0.29, 0.717) is 80.8 Å². The van der Waals surface area contributed by atoms with Crippen molar-refractivity contribution in [3.05, 3.63) is 63.7 Å². The first-order valence-corrected chi connectivity index (χ1v) is 23.2. The fourth-order valence-corrected chi connectivity index (χ4v) is 11.6. The molecule has 0 spiro atoms. The average Bonchev–Trinajstić information content (AvgIpc) is 3.21. The van der Waals surface area contributed by atoms with Crippen molar-refractivity contribution >= 4 is 55.8 Å². The number of hydrogen-bond acceptors (Lipinski definition) is 11. The zero-order chi connectivity index (χ0) is 45.5. The molecular formula is C44H56F3N4O9S2+. The van der Waals surface area contributed by atoms with Gasteiger partial charge in [-0.25, -0.2) is 17.3 Å². The quantitative estimate of drug-likeness (QED) is 0.272. The molecule has 2 aromatic carbocycles. The van der Waals surface area contributed by atoms with Gasteiger partial charge in [0.2, 0.25) is 15.4 Å². The first-order chi connectivity index (χ1) is 29.1. The highest BCUT2D eigenvalue weighted by Crippen LogP contribution is 2.48. The summed E-state index contributed by atoms with van der Waals surface area (Å²) in [5, 5.41) is 10.1. The molecule has 0 radical (unpaired) electrons. The SMILES string of the molecule is CCN1c2cc3c(cc2C(CS(=O)(=O)N2CCC(C(=O)OC)CC2)=CC1(C)C)C(C(F)(F)F)=c1cc2c(cc1O3)=[N+](CC)C(C)(C)C=C2CN1CCC(C(=O)CO)CC1.O=S=O. The normalized spacial score (nSPS) is 20.3. The Morgan fingerprint density at radius 1 is 0.903 bits per heavy atom. The van der Waals surface area contributed by atoms with E-state index in [2.05, 4.69) is 29.4 Å². The predicted octanol–water partition coefficient (Wildman–Crippen LogP) is 4.06. The largest absolute Gasteiger partial charge is 0.469 e. The van der Waals surface area contributed by atoms with Crippen LogP contribution in [-0.4, -0.2) is 125 Å². The number of nitrogens with zero attached hydrogens (tertiary/aromatic N) is 4. The van der Waals surface area contributed by atoms with Gasteiger partial charge in [-0.2, -0.15) is 21.6 Å². The minimum atomic E-state index is -4.81. The van der Waals surface area contributed by atoms with E-state index in [1.807, 2.05) is 38.7 Å². The zero-order valence-corrected chi connectivity index (χ0v) is 37.9. The Bertz CT molecular complexity index is 2460. The third-order valence-electron chi connectivity index (χ3n) is 12.9. The number of alkyl halides is 3. The van der Waals surface area contributed by atoms with Gasteiger partial charge in [0.15, 0.2) is 11.3 Å².